The molecule has 0 spiro atoms. The van der Waals surface area contributed by atoms with E-state index in [1.807, 2.05) is 0 Å². The van der Waals surface area contributed by atoms with Gasteiger partial charge in [-0.25, -0.2) is 0 Å². The van der Waals surface area contributed by atoms with Crippen molar-refractivity contribution in [3.63, 3.8) is 0 Å². The standard InChI is InChI=1S/C28H22/c1-19-13-15-23-24-16-14-20(2)18-26(24)28(22-11-7-4-8-12-22)27(25(23)17-19)21-9-5-3-6-10-21/h3-18H,1-2H3. The molecule has 0 aliphatic heterocycles. The first-order valence-electron chi connectivity index (χ1n) is 9.80. The SMILES string of the molecule is Cc1ccc2c(c1)c(-c1ccccc1)c(-c1ccccc1)c1cc(C)ccc12. The largest absolute Gasteiger partial charge is 0.0622 e. The van der Waals surface area contributed by atoms with E-state index in [2.05, 4.69) is 111 Å². The number of benzene rings is 5. The summed E-state index contributed by atoms with van der Waals surface area (Å²) in [6.07, 6.45) is 0. The third kappa shape index (κ3) is 2.70. The monoisotopic (exact) mass is 358 g/mol. The maximum Gasteiger partial charge on any atom is -0.00203 e. The molecule has 0 aliphatic carbocycles. The molecule has 0 amide bonds. The topological polar surface area (TPSA) is 0 Å². The lowest BCUT2D eigenvalue weighted by atomic mass is 9.84. The minimum Gasteiger partial charge on any atom is -0.0622 e. The fourth-order valence-corrected chi connectivity index (χ4v) is 4.28. The van der Waals surface area contributed by atoms with Gasteiger partial charge in [0, 0.05) is 0 Å². The van der Waals surface area contributed by atoms with Crippen molar-refractivity contribution in [3.8, 4) is 22.3 Å². The van der Waals surface area contributed by atoms with Crippen LogP contribution >= 0.6 is 0 Å². The Morgan fingerprint density at radius 1 is 0.393 bits per heavy atom. The minimum atomic E-state index is 1.26. The van der Waals surface area contributed by atoms with Gasteiger partial charge >= 0.3 is 0 Å². The predicted octanol–water partition coefficient (Wildman–Crippen LogP) is 7.94. The van der Waals surface area contributed by atoms with Gasteiger partial charge < -0.3 is 0 Å². The van der Waals surface area contributed by atoms with E-state index in [1.54, 1.807) is 0 Å². The predicted molar refractivity (Wildman–Crippen MR) is 122 cm³/mol. The summed E-state index contributed by atoms with van der Waals surface area (Å²) in [7, 11) is 0. The molecule has 0 nitrogen and oxygen atoms in total. The van der Waals surface area contributed by atoms with Crippen LogP contribution in [0.5, 0.6) is 0 Å². The Hall–Kier alpha value is -3.38. The molecule has 0 radical (unpaired) electrons. The van der Waals surface area contributed by atoms with Crippen molar-refractivity contribution in [2.24, 2.45) is 0 Å². The van der Waals surface area contributed by atoms with Gasteiger partial charge in [-0.1, -0.05) is 108 Å². The summed E-state index contributed by atoms with van der Waals surface area (Å²) < 4.78 is 0. The molecule has 0 heterocycles. The number of rotatable bonds is 2. The molecular weight excluding hydrogens is 336 g/mol. The summed E-state index contributed by atoms with van der Waals surface area (Å²) in [6, 6.07) is 35.3. The fraction of sp³-hybridized carbons (Fsp3) is 0.0714. The molecule has 0 unspecified atom stereocenters. The van der Waals surface area contributed by atoms with Crippen LogP contribution in [0, 0.1) is 13.8 Å². The van der Waals surface area contributed by atoms with E-state index in [0.717, 1.165) is 0 Å². The van der Waals surface area contributed by atoms with Crippen molar-refractivity contribution >= 4 is 21.5 Å². The Labute approximate surface area is 166 Å². The van der Waals surface area contributed by atoms with Crippen molar-refractivity contribution in [1.29, 1.82) is 0 Å². The Morgan fingerprint density at radius 2 is 0.786 bits per heavy atom. The summed E-state index contributed by atoms with van der Waals surface area (Å²) >= 11 is 0. The van der Waals surface area contributed by atoms with Crippen LogP contribution in [-0.4, -0.2) is 0 Å². The van der Waals surface area contributed by atoms with Gasteiger partial charge in [-0.2, -0.15) is 0 Å². The quantitative estimate of drug-likeness (QED) is 0.281. The molecule has 134 valence electrons. The molecular formula is C28H22. The molecule has 0 N–H and O–H groups in total. The normalized spacial score (nSPS) is 11.2. The first-order valence-corrected chi connectivity index (χ1v) is 9.80. The van der Waals surface area contributed by atoms with Crippen LogP contribution < -0.4 is 0 Å². The van der Waals surface area contributed by atoms with Crippen molar-refractivity contribution in [2.45, 2.75) is 13.8 Å². The maximum atomic E-state index is 2.34. The summed E-state index contributed by atoms with van der Waals surface area (Å²) in [5.41, 5.74) is 7.75. The molecule has 0 bridgehead atoms. The lowest BCUT2D eigenvalue weighted by Crippen LogP contribution is -1.92. The number of hydrogen-bond donors (Lipinski definition) is 0. The summed E-state index contributed by atoms with van der Waals surface area (Å²) in [5, 5.41) is 5.28. The van der Waals surface area contributed by atoms with Gasteiger partial charge in [-0.3, -0.25) is 0 Å². The zero-order valence-electron chi connectivity index (χ0n) is 16.2. The number of fused-ring (bicyclic) bond motifs is 3. The lowest BCUT2D eigenvalue weighted by Gasteiger charge is -2.19. The Bertz CT molecular complexity index is 1190. The minimum absolute atomic E-state index is 1.26. The lowest BCUT2D eigenvalue weighted by molar-refractivity contribution is 1.49. The van der Waals surface area contributed by atoms with Gasteiger partial charge in [0.25, 0.3) is 0 Å². The van der Waals surface area contributed by atoms with Crippen molar-refractivity contribution < 1.29 is 0 Å². The highest BCUT2D eigenvalue weighted by Gasteiger charge is 2.17. The van der Waals surface area contributed by atoms with E-state index < -0.39 is 0 Å². The van der Waals surface area contributed by atoms with Gasteiger partial charge in [-0.15, -0.1) is 0 Å². The molecule has 0 atom stereocenters. The van der Waals surface area contributed by atoms with Gasteiger partial charge in [0.1, 0.15) is 0 Å². The molecule has 0 fully saturated rings. The van der Waals surface area contributed by atoms with Crippen LogP contribution in [-0.2, 0) is 0 Å². The molecule has 0 aromatic heterocycles. The van der Waals surface area contributed by atoms with E-state index in [4.69, 9.17) is 0 Å². The maximum absolute atomic E-state index is 2.34. The van der Waals surface area contributed by atoms with E-state index in [9.17, 15) is 0 Å². The third-order valence-electron chi connectivity index (χ3n) is 5.55. The van der Waals surface area contributed by atoms with E-state index >= 15 is 0 Å². The Morgan fingerprint density at radius 3 is 1.18 bits per heavy atom. The van der Waals surface area contributed by atoms with Gasteiger partial charge in [0.2, 0.25) is 0 Å². The van der Waals surface area contributed by atoms with Crippen LogP contribution in [0.15, 0.2) is 97.1 Å². The number of aryl methyl sites for hydroxylation is 2. The molecule has 0 heteroatoms. The van der Waals surface area contributed by atoms with Gasteiger partial charge in [-0.05, 0) is 57.6 Å². The van der Waals surface area contributed by atoms with Crippen LogP contribution in [0.25, 0.3) is 43.8 Å². The highest BCUT2D eigenvalue weighted by molar-refractivity contribution is 6.21. The van der Waals surface area contributed by atoms with Crippen LogP contribution in [0.2, 0.25) is 0 Å². The van der Waals surface area contributed by atoms with Crippen molar-refractivity contribution in [2.75, 3.05) is 0 Å². The second kappa shape index (κ2) is 6.65. The van der Waals surface area contributed by atoms with Crippen LogP contribution in [0.1, 0.15) is 11.1 Å². The van der Waals surface area contributed by atoms with Crippen LogP contribution in [0.4, 0.5) is 0 Å². The highest BCUT2D eigenvalue weighted by Crippen LogP contribution is 2.44. The van der Waals surface area contributed by atoms with Gasteiger partial charge in [0.05, 0.1) is 0 Å². The zero-order chi connectivity index (χ0) is 19.1. The Kier molecular flexibility index (Phi) is 3.98. The smallest absolute Gasteiger partial charge is 0.00203 e. The molecule has 5 aromatic carbocycles. The van der Waals surface area contributed by atoms with E-state index in [1.165, 1.54) is 54.9 Å². The van der Waals surface area contributed by atoms with Crippen LogP contribution in [0.3, 0.4) is 0 Å². The average molecular weight is 358 g/mol. The molecule has 0 saturated heterocycles. The zero-order valence-corrected chi connectivity index (χ0v) is 16.2. The molecule has 5 aromatic rings. The molecule has 28 heavy (non-hydrogen) atoms. The molecule has 5 rings (SSSR count). The second-order valence-corrected chi connectivity index (χ2v) is 7.58. The summed E-state index contributed by atoms with van der Waals surface area (Å²) in [6.45, 7) is 4.35. The highest BCUT2D eigenvalue weighted by atomic mass is 14.2. The third-order valence-corrected chi connectivity index (χ3v) is 5.55. The molecule has 0 aliphatic rings. The second-order valence-electron chi connectivity index (χ2n) is 7.58. The average Bonchev–Trinajstić information content (AvgIpc) is 2.73. The first-order chi connectivity index (χ1) is 13.7. The van der Waals surface area contributed by atoms with E-state index in [-0.39, 0.29) is 0 Å². The fourth-order valence-electron chi connectivity index (χ4n) is 4.28. The van der Waals surface area contributed by atoms with Crippen molar-refractivity contribution in [3.05, 3.63) is 108 Å². The molecule has 0 saturated carbocycles. The summed E-state index contributed by atoms with van der Waals surface area (Å²) in [4.78, 5) is 0. The summed E-state index contributed by atoms with van der Waals surface area (Å²) in [5.74, 6) is 0. The van der Waals surface area contributed by atoms with E-state index in [0.29, 0.717) is 0 Å². The van der Waals surface area contributed by atoms with Gasteiger partial charge in [0.15, 0.2) is 0 Å². The number of hydrogen-bond acceptors (Lipinski definition) is 0. The Balaban J connectivity index is 2.08. The first kappa shape index (κ1) is 16.8. The van der Waals surface area contributed by atoms with Crippen molar-refractivity contribution in [1.82, 2.24) is 0 Å².